The summed E-state index contributed by atoms with van der Waals surface area (Å²) < 4.78 is 6.28. The Balaban J connectivity index is 1.63. The molecule has 1 aliphatic heterocycles. The van der Waals surface area contributed by atoms with E-state index in [4.69, 9.17) is 4.74 Å². The molecule has 0 aliphatic carbocycles. The quantitative estimate of drug-likeness (QED) is 0.178. The maximum atomic E-state index is 6.28. The van der Waals surface area contributed by atoms with Crippen LogP contribution in [0.2, 0.25) is 0 Å². The molecule has 0 fully saturated rings. The standard InChI is InChI=1S/C30H38N6O/c1-5-11-34-14-15-35-28(19-32-3)22-7-9-24-23(16-22)20-37-29-18-25-21(17-26(24)29)8-10-27(33-4)30(25)36-13-6-12-31-2/h7-10,16-19,31,34-36H,3-6,11-15,20H2,1-2H3/b28-19-. The highest BCUT2D eigenvalue weighted by atomic mass is 16.5. The first-order valence-electron chi connectivity index (χ1n) is 13.0. The summed E-state index contributed by atoms with van der Waals surface area (Å²) in [5.41, 5.74) is 7.33. The predicted octanol–water partition coefficient (Wildman–Crippen LogP) is 5.34. The van der Waals surface area contributed by atoms with Crippen LogP contribution in [0.4, 0.5) is 11.4 Å². The highest BCUT2D eigenvalue weighted by Crippen LogP contribution is 2.44. The number of rotatable bonds is 14. The summed E-state index contributed by atoms with van der Waals surface area (Å²) in [6, 6.07) is 15.0. The molecule has 3 aromatic rings. The topological polar surface area (TPSA) is 82.1 Å². The van der Waals surface area contributed by atoms with E-state index in [9.17, 15) is 0 Å². The van der Waals surface area contributed by atoms with Crippen molar-refractivity contribution in [3.05, 3.63) is 59.8 Å². The van der Waals surface area contributed by atoms with Gasteiger partial charge in [0.15, 0.2) is 0 Å². The van der Waals surface area contributed by atoms with Gasteiger partial charge in [0.1, 0.15) is 12.4 Å². The van der Waals surface area contributed by atoms with E-state index in [1.165, 1.54) is 5.56 Å². The summed E-state index contributed by atoms with van der Waals surface area (Å²) >= 11 is 0. The fourth-order valence-corrected chi connectivity index (χ4v) is 4.67. The van der Waals surface area contributed by atoms with E-state index in [1.54, 1.807) is 6.20 Å². The molecule has 7 nitrogen and oxygen atoms in total. The van der Waals surface area contributed by atoms with E-state index in [1.807, 2.05) is 13.1 Å². The number of anilines is 1. The Morgan fingerprint density at radius 2 is 1.89 bits per heavy atom. The molecule has 7 heteroatoms. The molecule has 0 unspecified atom stereocenters. The lowest BCUT2D eigenvalue weighted by molar-refractivity contribution is 0.303. The van der Waals surface area contributed by atoms with Gasteiger partial charge in [-0.2, -0.15) is 0 Å². The second-order valence-electron chi connectivity index (χ2n) is 9.13. The predicted molar refractivity (Wildman–Crippen MR) is 159 cm³/mol. The van der Waals surface area contributed by atoms with Gasteiger partial charge in [-0.05, 0) is 92.8 Å². The van der Waals surface area contributed by atoms with Crippen molar-refractivity contribution in [3.8, 4) is 16.9 Å². The van der Waals surface area contributed by atoms with Crippen LogP contribution in [-0.4, -0.2) is 53.2 Å². The van der Waals surface area contributed by atoms with E-state index in [2.05, 4.69) is 88.0 Å². The molecule has 4 rings (SSSR count). The third kappa shape index (κ3) is 6.18. The minimum atomic E-state index is 0.513. The molecule has 0 aromatic heterocycles. The summed E-state index contributed by atoms with van der Waals surface area (Å²) in [6.07, 6.45) is 3.92. The molecule has 0 saturated carbocycles. The molecule has 37 heavy (non-hydrogen) atoms. The average molecular weight is 499 g/mol. The lowest BCUT2D eigenvalue weighted by atomic mass is 9.92. The average Bonchev–Trinajstić information content (AvgIpc) is 2.93. The Morgan fingerprint density at radius 1 is 1.00 bits per heavy atom. The first-order valence-corrected chi connectivity index (χ1v) is 13.0. The van der Waals surface area contributed by atoms with Crippen molar-refractivity contribution in [3.63, 3.8) is 0 Å². The minimum absolute atomic E-state index is 0.513. The number of fused-ring (bicyclic) bond motifs is 4. The van der Waals surface area contributed by atoms with E-state index in [0.29, 0.717) is 6.61 Å². The summed E-state index contributed by atoms with van der Waals surface area (Å²) in [5, 5.41) is 15.9. The van der Waals surface area contributed by atoms with E-state index < -0.39 is 0 Å². The SMILES string of the molecule is C=N/C=C(\NCCNCCC)c1ccc2c(c1)COc1cc3c(NCCCNC)c(N=C)ccc3cc1-2. The molecular weight excluding hydrogens is 460 g/mol. The number of hydrogen-bond acceptors (Lipinski definition) is 7. The number of benzene rings is 3. The Labute approximate surface area is 220 Å². The van der Waals surface area contributed by atoms with Crippen LogP contribution in [0.15, 0.2) is 58.6 Å². The largest absolute Gasteiger partial charge is 0.488 e. The zero-order valence-electron chi connectivity index (χ0n) is 22.0. The van der Waals surface area contributed by atoms with Gasteiger partial charge in [-0.1, -0.05) is 25.1 Å². The molecule has 0 bridgehead atoms. The van der Waals surface area contributed by atoms with Gasteiger partial charge in [0, 0.05) is 36.8 Å². The van der Waals surface area contributed by atoms with Gasteiger partial charge in [-0.25, -0.2) is 0 Å². The number of aliphatic imine (C=N–C) groups is 2. The molecule has 0 spiro atoms. The van der Waals surface area contributed by atoms with Gasteiger partial charge >= 0.3 is 0 Å². The van der Waals surface area contributed by atoms with Crippen LogP contribution < -0.4 is 26.0 Å². The maximum Gasteiger partial charge on any atom is 0.128 e. The number of nitrogens with zero attached hydrogens (tertiary/aromatic N) is 2. The third-order valence-corrected chi connectivity index (χ3v) is 6.53. The second kappa shape index (κ2) is 13.0. The molecular formula is C30H38N6O. The number of hydrogen-bond donors (Lipinski definition) is 4. The van der Waals surface area contributed by atoms with Crippen LogP contribution in [0.3, 0.4) is 0 Å². The van der Waals surface area contributed by atoms with Crippen LogP contribution in [-0.2, 0) is 6.61 Å². The van der Waals surface area contributed by atoms with Gasteiger partial charge in [0.25, 0.3) is 0 Å². The third-order valence-electron chi connectivity index (χ3n) is 6.53. The Bertz CT molecular complexity index is 1280. The van der Waals surface area contributed by atoms with Crippen LogP contribution in [0.5, 0.6) is 5.75 Å². The Kier molecular flexibility index (Phi) is 9.29. The van der Waals surface area contributed by atoms with E-state index in [-0.39, 0.29) is 0 Å². The van der Waals surface area contributed by atoms with Crippen molar-refractivity contribution in [1.29, 1.82) is 0 Å². The summed E-state index contributed by atoms with van der Waals surface area (Å²) in [5.74, 6) is 0.885. The highest BCUT2D eigenvalue weighted by molar-refractivity contribution is 6.03. The molecule has 4 N–H and O–H groups in total. The smallest absolute Gasteiger partial charge is 0.128 e. The van der Waals surface area contributed by atoms with Crippen LogP contribution in [0, 0.1) is 0 Å². The van der Waals surface area contributed by atoms with E-state index >= 15 is 0 Å². The van der Waals surface area contributed by atoms with Gasteiger partial charge in [0.2, 0.25) is 0 Å². The first-order chi connectivity index (χ1) is 18.2. The molecule has 0 radical (unpaired) electrons. The van der Waals surface area contributed by atoms with Crippen LogP contribution >= 0.6 is 0 Å². The molecule has 0 saturated heterocycles. The molecule has 0 atom stereocenters. The normalized spacial score (nSPS) is 12.4. The lowest BCUT2D eigenvalue weighted by Gasteiger charge is -2.24. The van der Waals surface area contributed by atoms with Gasteiger partial charge < -0.3 is 26.0 Å². The number of nitrogens with one attached hydrogen (secondary N) is 4. The van der Waals surface area contributed by atoms with Gasteiger partial charge in [0.05, 0.1) is 17.1 Å². The summed E-state index contributed by atoms with van der Waals surface area (Å²) in [6.45, 7) is 14.6. The molecule has 3 aromatic carbocycles. The van der Waals surface area contributed by atoms with E-state index in [0.717, 1.165) is 95.8 Å². The molecule has 1 heterocycles. The molecule has 1 aliphatic rings. The summed E-state index contributed by atoms with van der Waals surface area (Å²) in [4.78, 5) is 8.26. The fourth-order valence-electron chi connectivity index (χ4n) is 4.67. The van der Waals surface area contributed by atoms with Crippen molar-refractivity contribution < 1.29 is 4.74 Å². The Morgan fingerprint density at radius 3 is 2.68 bits per heavy atom. The zero-order chi connectivity index (χ0) is 26.0. The second-order valence-corrected chi connectivity index (χ2v) is 9.13. The lowest BCUT2D eigenvalue weighted by Crippen LogP contribution is -2.27. The van der Waals surface area contributed by atoms with Crippen molar-refractivity contribution in [2.75, 3.05) is 45.1 Å². The zero-order valence-corrected chi connectivity index (χ0v) is 22.0. The monoisotopic (exact) mass is 498 g/mol. The van der Waals surface area contributed by atoms with Crippen molar-refractivity contribution in [2.24, 2.45) is 9.98 Å². The molecule has 194 valence electrons. The van der Waals surface area contributed by atoms with Crippen LogP contribution in [0.25, 0.3) is 27.6 Å². The van der Waals surface area contributed by atoms with Gasteiger partial charge in [-0.15, -0.1) is 0 Å². The number of ether oxygens (including phenoxy) is 1. The highest BCUT2D eigenvalue weighted by Gasteiger charge is 2.20. The van der Waals surface area contributed by atoms with Crippen molar-refractivity contribution in [1.82, 2.24) is 16.0 Å². The van der Waals surface area contributed by atoms with Crippen molar-refractivity contribution >= 4 is 41.3 Å². The molecule has 0 amide bonds. The maximum absolute atomic E-state index is 6.28. The van der Waals surface area contributed by atoms with Crippen molar-refractivity contribution in [2.45, 2.75) is 26.4 Å². The Hall–Kier alpha value is -3.68. The van der Waals surface area contributed by atoms with Crippen LogP contribution in [0.1, 0.15) is 30.9 Å². The summed E-state index contributed by atoms with van der Waals surface area (Å²) in [7, 11) is 1.97. The van der Waals surface area contributed by atoms with Gasteiger partial charge in [-0.3, -0.25) is 9.98 Å². The minimum Gasteiger partial charge on any atom is -0.488 e. The first kappa shape index (κ1) is 26.4. The fraction of sp³-hybridized carbons (Fsp3) is 0.333.